The van der Waals surface area contributed by atoms with Crippen molar-refractivity contribution in [1.82, 2.24) is 20.2 Å². The zero-order valence-electron chi connectivity index (χ0n) is 12.8. The van der Waals surface area contributed by atoms with Crippen molar-refractivity contribution >= 4 is 11.7 Å². The highest BCUT2D eigenvalue weighted by Crippen LogP contribution is 2.13. The molecule has 1 amide bonds. The Hall–Kier alpha value is -1.73. The van der Waals surface area contributed by atoms with Crippen LogP contribution in [0.3, 0.4) is 0 Å². The zero-order chi connectivity index (χ0) is 15.2. The first kappa shape index (κ1) is 15.7. The lowest BCUT2D eigenvalue weighted by molar-refractivity contribution is -0.132. The van der Waals surface area contributed by atoms with Crippen molar-refractivity contribution < 1.29 is 9.53 Å². The Morgan fingerprint density at radius 1 is 1.52 bits per heavy atom. The zero-order valence-corrected chi connectivity index (χ0v) is 12.8. The maximum absolute atomic E-state index is 11.9. The first-order valence-corrected chi connectivity index (χ1v) is 7.26. The molecule has 21 heavy (non-hydrogen) atoms. The lowest BCUT2D eigenvalue weighted by atomic mass is 10.2. The molecule has 1 atom stereocenters. The number of amides is 1. The molecule has 0 saturated carbocycles. The summed E-state index contributed by atoms with van der Waals surface area (Å²) in [6, 6.07) is 1.64. The summed E-state index contributed by atoms with van der Waals surface area (Å²) in [6.45, 7) is 7.06. The first-order valence-electron chi connectivity index (χ1n) is 7.26. The number of morpholine rings is 1. The van der Waals surface area contributed by atoms with E-state index >= 15 is 0 Å². The van der Waals surface area contributed by atoms with E-state index < -0.39 is 0 Å². The summed E-state index contributed by atoms with van der Waals surface area (Å²) in [7, 11) is 1.64. The minimum absolute atomic E-state index is 0.0331. The van der Waals surface area contributed by atoms with Crippen molar-refractivity contribution in [3.8, 4) is 0 Å². The van der Waals surface area contributed by atoms with Crippen LogP contribution >= 0.6 is 0 Å². The number of anilines is 1. The molecule has 1 saturated heterocycles. The van der Waals surface area contributed by atoms with Crippen LogP contribution in [-0.2, 0) is 16.1 Å². The smallest absolute Gasteiger partial charge is 0.239 e. The normalized spacial score (nSPS) is 19.3. The van der Waals surface area contributed by atoms with E-state index in [0.717, 1.165) is 23.9 Å². The second-order valence-corrected chi connectivity index (χ2v) is 5.02. The number of carbonyl (C=O) groups is 1. The minimum Gasteiger partial charge on any atom is -0.378 e. The molecule has 1 aliphatic heterocycles. The Morgan fingerprint density at radius 2 is 2.33 bits per heavy atom. The van der Waals surface area contributed by atoms with Crippen molar-refractivity contribution in [1.29, 1.82) is 0 Å². The number of hydrogen-bond acceptors (Lipinski definition) is 6. The first-order chi connectivity index (χ1) is 10.1. The van der Waals surface area contributed by atoms with E-state index in [4.69, 9.17) is 4.74 Å². The fourth-order valence-electron chi connectivity index (χ4n) is 2.39. The van der Waals surface area contributed by atoms with Crippen molar-refractivity contribution in [3.63, 3.8) is 0 Å². The number of aryl methyl sites for hydroxylation is 1. The van der Waals surface area contributed by atoms with Crippen molar-refractivity contribution in [2.45, 2.75) is 26.4 Å². The van der Waals surface area contributed by atoms with Gasteiger partial charge in [-0.3, -0.25) is 9.69 Å². The molecular formula is C14H23N5O2. The summed E-state index contributed by atoms with van der Waals surface area (Å²) in [6.07, 6.45) is 0. The van der Waals surface area contributed by atoms with Gasteiger partial charge >= 0.3 is 0 Å². The van der Waals surface area contributed by atoms with Gasteiger partial charge in [-0.25, -0.2) is 9.97 Å². The van der Waals surface area contributed by atoms with Crippen LogP contribution in [0.4, 0.5) is 5.82 Å². The third-order valence-electron chi connectivity index (χ3n) is 3.39. The predicted molar refractivity (Wildman–Crippen MR) is 80.0 cm³/mol. The summed E-state index contributed by atoms with van der Waals surface area (Å²) >= 11 is 0. The minimum atomic E-state index is -0.282. The standard InChI is InChI=1S/C14H23N5O2/c1-4-16-12-7-10(2)17-13(18-12)8-19-5-6-21-9-11(19)14(20)15-3/h7,11H,4-6,8-9H2,1-3H3,(H,15,20)(H,16,17,18). The molecule has 7 heteroatoms. The molecule has 2 N–H and O–H groups in total. The molecule has 7 nitrogen and oxygen atoms in total. The Morgan fingerprint density at radius 3 is 3.05 bits per heavy atom. The van der Waals surface area contributed by atoms with Gasteiger partial charge in [0.1, 0.15) is 17.7 Å². The molecule has 2 heterocycles. The highest BCUT2D eigenvalue weighted by Gasteiger charge is 2.29. The van der Waals surface area contributed by atoms with Gasteiger partial charge in [-0.15, -0.1) is 0 Å². The van der Waals surface area contributed by atoms with Crippen LogP contribution in [0.1, 0.15) is 18.4 Å². The lowest BCUT2D eigenvalue weighted by Gasteiger charge is -2.33. The maximum Gasteiger partial charge on any atom is 0.239 e. The average Bonchev–Trinajstić information content (AvgIpc) is 2.47. The molecule has 1 fully saturated rings. The van der Waals surface area contributed by atoms with Gasteiger partial charge in [0, 0.05) is 31.9 Å². The number of ether oxygens (including phenoxy) is 1. The van der Waals surface area contributed by atoms with Crippen LogP contribution in [0, 0.1) is 6.92 Å². The monoisotopic (exact) mass is 293 g/mol. The van der Waals surface area contributed by atoms with Gasteiger partial charge in [-0.1, -0.05) is 0 Å². The number of rotatable bonds is 5. The summed E-state index contributed by atoms with van der Waals surface area (Å²) < 4.78 is 5.40. The second-order valence-electron chi connectivity index (χ2n) is 5.02. The summed E-state index contributed by atoms with van der Waals surface area (Å²) in [5.74, 6) is 1.51. The predicted octanol–water partition coefficient (Wildman–Crippen LogP) is 0.164. The van der Waals surface area contributed by atoms with Gasteiger partial charge in [0.2, 0.25) is 5.91 Å². The van der Waals surface area contributed by atoms with E-state index in [0.29, 0.717) is 26.3 Å². The summed E-state index contributed by atoms with van der Waals surface area (Å²) in [5, 5.41) is 5.88. The Bertz CT molecular complexity index is 494. The van der Waals surface area contributed by atoms with E-state index in [9.17, 15) is 4.79 Å². The second kappa shape index (κ2) is 7.33. The van der Waals surface area contributed by atoms with E-state index in [-0.39, 0.29) is 11.9 Å². The molecule has 0 aliphatic carbocycles. The van der Waals surface area contributed by atoms with Gasteiger partial charge in [0.25, 0.3) is 0 Å². The maximum atomic E-state index is 11.9. The number of carbonyl (C=O) groups excluding carboxylic acids is 1. The van der Waals surface area contributed by atoms with E-state index in [2.05, 4.69) is 25.5 Å². The molecule has 0 radical (unpaired) electrons. The van der Waals surface area contributed by atoms with E-state index in [1.807, 2.05) is 19.9 Å². The van der Waals surface area contributed by atoms with Crippen LogP contribution in [0.15, 0.2) is 6.07 Å². The van der Waals surface area contributed by atoms with Gasteiger partial charge in [-0.05, 0) is 13.8 Å². The van der Waals surface area contributed by atoms with Gasteiger partial charge in [0.05, 0.1) is 19.8 Å². The third kappa shape index (κ3) is 4.12. The highest BCUT2D eigenvalue weighted by molar-refractivity contribution is 5.81. The fourth-order valence-corrected chi connectivity index (χ4v) is 2.39. The van der Waals surface area contributed by atoms with Crippen LogP contribution in [0.25, 0.3) is 0 Å². The number of likely N-dealkylation sites (N-methyl/N-ethyl adjacent to an activating group) is 1. The molecule has 0 spiro atoms. The molecule has 1 aromatic rings. The van der Waals surface area contributed by atoms with E-state index in [1.54, 1.807) is 7.05 Å². The lowest BCUT2D eigenvalue weighted by Crippen LogP contribution is -2.52. The Balaban J connectivity index is 2.13. The average molecular weight is 293 g/mol. The molecule has 1 aliphatic rings. The fraction of sp³-hybridized carbons (Fsp3) is 0.643. The quantitative estimate of drug-likeness (QED) is 0.805. The van der Waals surface area contributed by atoms with Crippen molar-refractivity contribution in [2.24, 2.45) is 0 Å². The summed E-state index contributed by atoms with van der Waals surface area (Å²) in [5.41, 5.74) is 0.917. The number of aromatic nitrogens is 2. The molecule has 0 aromatic carbocycles. The molecule has 116 valence electrons. The Kier molecular flexibility index (Phi) is 5.46. The van der Waals surface area contributed by atoms with Crippen LogP contribution in [0.5, 0.6) is 0 Å². The molecule has 0 bridgehead atoms. The van der Waals surface area contributed by atoms with Crippen LogP contribution in [0.2, 0.25) is 0 Å². The number of nitrogens with zero attached hydrogens (tertiary/aromatic N) is 3. The Labute approximate surface area is 125 Å². The SMILES string of the molecule is CCNc1cc(C)nc(CN2CCOCC2C(=O)NC)n1. The van der Waals surface area contributed by atoms with E-state index in [1.165, 1.54) is 0 Å². The number of nitrogens with one attached hydrogen (secondary N) is 2. The van der Waals surface area contributed by atoms with Crippen molar-refractivity contribution in [3.05, 3.63) is 17.6 Å². The van der Waals surface area contributed by atoms with Gasteiger partial charge in [-0.2, -0.15) is 0 Å². The molecule has 1 aromatic heterocycles. The largest absolute Gasteiger partial charge is 0.378 e. The van der Waals surface area contributed by atoms with Gasteiger partial charge < -0.3 is 15.4 Å². The van der Waals surface area contributed by atoms with Crippen molar-refractivity contribution in [2.75, 3.05) is 38.7 Å². The highest BCUT2D eigenvalue weighted by atomic mass is 16.5. The van der Waals surface area contributed by atoms with Crippen LogP contribution in [-0.4, -0.2) is 60.2 Å². The topological polar surface area (TPSA) is 79.4 Å². The number of hydrogen-bond donors (Lipinski definition) is 2. The van der Waals surface area contributed by atoms with Crippen LogP contribution < -0.4 is 10.6 Å². The van der Waals surface area contributed by atoms with Gasteiger partial charge in [0.15, 0.2) is 0 Å². The molecule has 1 unspecified atom stereocenters. The summed E-state index contributed by atoms with van der Waals surface area (Å²) in [4.78, 5) is 22.9. The molecular weight excluding hydrogens is 270 g/mol. The third-order valence-corrected chi connectivity index (χ3v) is 3.39. The molecule has 2 rings (SSSR count).